The van der Waals surface area contributed by atoms with Crippen LogP contribution in [0.15, 0.2) is 24.3 Å². The van der Waals surface area contributed by atoms with Crippen molar-refractivity contribution in [2.45, 2.75) is 82.2 Å². The van der Waals surface area contributed by atoms with Gasteiger partial charge in [-0.05, 0) is 51.0 Å². The molecule has 0 spiro atoms. The summed E-state index contributed by atoms with van der Waals surface area (Å²) in [6.07, 6.45) is 9.62. The zero-order valence-corrected chi connectivity index (χ0v) is 15.5. The van der Waals surface area contributed by atoms with Crippen LogP contribution in [0.5, 0.6) is 0 Å². The van der Waals surface area contributed by atoms with Gasteiger partial charge in [0.1, 0.15) is 0 Å². The molecule has 0 aliphatic heterocycles. The summed E-state index contributed by atoms with van der Waals surface area (Å²) in [5.74, 6) is 0.253. The Bertz CT molecular complexity index is 546. The van der Waals surface area contributed by atoms with Crippen LogP contribution in [0.1, 0.15) is 68.9 Å². The number of rotatable bonds is 3. The molecule has 4 heteroatoms. The monoisotopic (exact) mass is 350 g/mol. The van der Waals surface area contributed by atoms with Gasteiger partial charge in [0, 0.05) is 12.1 Å². The molecule has 0 unspecified atom stereocenters. The average Bonchev–Trinajstić information content (AvgIpc) is 2.57. The lowest BCUT2D eigenvalue weighted by atomic mass is 9.68. The number of hydrogen-bond acceptors (Lipinski definition) is 2. The predicted octanol–water partition coefficient (Wildman–Crippen LogP) is 4.00. The highest BCUT2D eigenvalue weighted by Crippen LogP contribution is 2.40. The van der Waals surface area contributed by atoms with Crippen LogP contribution < -0.4 is 11.1 Å². The molecule has 2 aliphatic rings. The molecular weight excluding hydrogens is 320 g/mol. The second kappa shape index (κ2) is 8.35. The number of halogens is 1. The van der Waals surface area contributed by atoms with Gasteiger partial charge in [-0.1, -0.05) is 49.1 Å². The summed E-state index contributed by atoms with van der Waals surface area (Å²) in [5.41, 5.74) is 8.13. The minimum absolute atomic E-state index is 0. The van der Waals surface area contributed by atoms with E-state index in [0.717, 1.165) is 51.4 Å². The molecule has 134 valence electrons. The fourth-order valence-electron chi connectivity index (χ4n) is 4.33. The highest BCUT2D eigenvalue weighted by atomic mass is 35.5. The number of hydrogen-bond donors (Lipinski definition) is 2. The van der Waals surface area contributed by atoms with Gasteiger partial charge in [0.2, 0.25) is 5.91 Å². The first-order chi connectivity index (χ1) is 11.1. The van der Waals surface area contributed by atoms with Gasteiger partial charge in [-0.15, -0.1) is 12.4 Å². The zero-order valence-electron chi connectivity index (χ0n) is 14.7. The second-order valence-electron chi connectivity index (χ2n) is 7.60. The van der Waals surface area contributed by atoms with Crippen molar-refractivity contribution in [3.8, 4) is 0 Å². The van der Waals surface area contributed by atoms with Gasteiger partial charge in [-0.2, -0.15) is 0 Å². The third-order valence-corrected chi connectivity index (χ3v) is 5.82. The number of benzene rings is 1. The SMILES string of the molecule is Cc1cccc(C2(C(=O)NC3CCC(N)CC3)CCCCC2)c1.Cl. The van der Waals surface area contributed by atoms with Crippen LogP contribution in [0.4, 0.5) is 0 Å². The third-order valence-electron chi connectivity index (χ3n) is 5.82. The molecule has 2 saturated carbocycles. The topological polar surface area (TPSA) is 55.1 Å². The van der Waals surface area contributed by atoms with E-state index in [4.69, 9.17) is 5.73 Å². The lowest BCUT2D eigenvalue weighted by Gasteiger charge is -2.38. The zero-order chi connectivity index (χ0) is 16.3. The van der Waals surface area contributed by atoms with Gasteiger partial charge in [0.15, 0.2) is 0 Å². The first-order valence-corrected chi connectivity index (χ1v) is 9.24. The Morgan fingerprint density at radius 3 is 2.42 bits per heavy atom. The van der Waals surface area contributed by atoms with E-state index in [1.54, 1.807) is 0 Å². The van der Waals surface area contributed by atoms with Crippen molar-refractivity contribution >= 4 is 18.3 Å². The van der Waals surface area contributed by atoms with Crippen LogP contribution in [0, 0.1) is 6.92 Å². The van der Waals surface area contributed by atoms with E-state index < -0.39 is 0 Å². The molecule has 2 aliphatic carbocycles. The Hall–Kier alpha value is -1.06. The van der Waals surface area contributed by atoms with Crippen molar-refractivity contribution in [3.63, 3.8) is 0 Å². The van der Waals surface area contributed by atoms with E-state index in [1.165, 1.54) is 17.5 Å². The molecule has 0 aromatic heterocycles. The first-order valence-electron chi connectivity index (χ1n) is 9.24. The minimum Gasteiger partial charge on any atom is -0.353 e. The molecule has 0 atom stereocenters. The summed E-state index contributed by atoms with van der Waals surface area (Å²) in [5, 5.41) is 3.37. The van der Waals surface area contributed by atoms with Gasteiger partial charge in [0.25, 0.3) is 0 Å². The highest BCUT2D eigenvalue weighted by Gasteiger charge is 2.41. The van der Waals surface area contributed by atoms with Crippen molar-refractivity contribution in [1.29, 1.82) is 0 Å². The quantitative estimate of drug-likeness (QED) is 0.865. The Morgan fingerprint density at radius 2 is 1.79 bits per heavy atom. The van der Waals surface area contributed by atoms with Crippen LogP contribution in [-0.2, 0) is 10.2 Å². The van der Waals surface area contributed by atoms with Gasteiger partial charge in [-0.3, -0.25) is 4.79 Å². The van der Waals surface area contributed by atoms with Crippen LogP contribution in [0.3, 0.4) is 0 Å². The largest absolute Gasteiger partial charge is 0.353 e. The van der Waals surface area contributed by atoms with E-state index in [0.29, 0.717) is 12.1 Å². The van der Waals surface area contributed by atoms with Gasteiger partial charge in [-0.25, -0.2) is 0 Å². The molecule has 2 fully saturated rings. The fraction of sp³-hybridized carbons (Fsp3) is 0.650. The van der Waals surface area contributed by atoms with E-state index in [-0.39, 0.29) is 23.7 Å². The molecule has 1 aromatic carbocycles. The first kappa shape index (κ1) is 19.3. The Kier molecular flexibility index (Phi) is 6.70. The molecule has 1 amide bonds. The molecule has 3 rings (SSSR count). The predicted molar refractivity (Wildman–Crippen MR) is 102 cm³/mol. The van der Waals surface area contributed by atoms with E-state index in [2.05, 4.69) is 36.5 Å². The van der Waals surface area contributed by atoms with Gasteiger partial charge < -0.3 is 11.1 Å². The van der Waals surface area contributed by atoms with Crippen LogP contribution in [0.25, 0.3) is 0 Å². The van der Waals surface area contributed by atoms with Crippen molar-refractivity contribution in [1.82, 2.24) is 5.32 Å². The Morgan fingerprint density at radius 1 is 1.12 bits per heavy atom. The lowest BCUT2D eigenvalue weighted by Crippen LogP contribution is -2.50. The maximum absolute atomic E-state index is 13.2. The maximum Gasteiger partial charge on any atom is 0.230 e. The Balaban J connectivity index is 0.00000208. The van der Waals surface area contributed by atoms with Crippen molar-refractivity contribution < 1.29 is 4.79 Å². The number of carbonyl (C=O) groups excluding carboxylic acids is 1. The molecule has 0 saturated heterocycles. The molecule has 0 heterocycles. The third kappa shape index (κ3) is 4.12. The molecular formula is C20H31ClN2O. The number of amides is 1. The molecule has 24 heavy (non-hydrogen) atoms. The summed E-state index contributed by atoms with van der Waals surface area (Å²) in [6.45, 7) is 2.11. The molecule has 3 nitrogen and oxygen atoms in total. The summed E-state index contributed by atoms with van der Waals surface area (Å²) < 4.78 is 0. The standard InChI is InChI=1S/C20H30N2O.ClH/c1-15-6-5-7-16(14-15)20(12-3-2-4-13-20)19(23)22-18-10-8-17(21)9-11-18;/h5-7,14,17-18H,2-4,8-13,21H2,1H3,(H,22,23);1H. The van der Waals surface area contributed by atoms with Crippen LogP contribution >= 0.6 is 12.4 Å². The molecule has 1 aromatic rings. The highest BCUT2D eigenvalue weighted by molar-refractivity contribution is 5.88. The smallest absolute Gasteiger partial charge is 0.230 e. The number of nitrogens with one attached hydrogen (secondary N) is 1. The maximum atomic E-state index is 13.2. The van der Waals surface area contributed by atoms with Gasteiger partial charge in [0.05, 0.1) is 5.41 Å². The van der Waals surface area contributed by atoms with E-state index in [9.17, 15) is 4.79 Å². The Labute approximate surface area is 152 Å². The summed E-state index contributed by atoms with van der Waals surface area (Å²) in [6, 6.07) is 9.19. The van der Waals surface area contributed by atoms with E-state index in [1.807, 2.05) is 0 Å². The minimum atomic E-state index is -0.316. The lowest BCUT2D eigenvalue weighted by molar-refractivity contribution is -0.129. The van der Waals surface area contributed by atoms with Crippen molar-refractivity contribution in [3.05, 3.63) is 35.4 Å². The number of carbonyl (C=O) groups is 1. The van der Waals surface area contributed by atoms with Crippen molar-refractivity contribution in [2.75, 3.05) is 0 Å². The number of nitrogens with two attached hydrogens (primary N) is 1. The van der Waals surface area contributed by atoms with Gasteiger partial charge >= 0.3 is 0 Å². The molecule has 3 N–H and O–H groups in total. The second-order valence-corrected chi connectivity index (χ2v) is 7.60. The average molecular weight is 351 g/mol. The summed E-state index contributed by atoms with van der Waals surface area (Å²) in [4.78, 5) is 13.2. The van der Waals surface area contributed by atoms with Crippen LogP contribution in [0.2, 0.25) is 0 Å². The normalized spacial score (nSPS) is 26.2. The number of aryl methyl sites for hydroxylation is 1. The summed E-state index contributed by atoms with van der Waals surface area (Å²) in [7, 11) is 0. The molecule has 0 bridgehead atoms. The molecule has 0 radical (unpaired) electrons. The van der Waals surface area contributed by atoms with Crippen LogP contribution in [-0.4, -0.2) is 18.0 Å². The van der Waals surface area contributed by atoms with E-state index >= 15 is 0 Å². The summed E-state index contributed by atoms with van der Waals surface area (Å²) >= 11 is 0. The fourth-order valence-corrected chi connectivity index (χ4v) is 4.33. The van der Waals surface area contributed by atoms with Crippen molar-refractivity contribution in [2.24, 2.45) is 5.73 Å².